The normalized spacial score (nSPS) is 9.86. The first-order chi connectivity index (χ1) is 6.49. The smallest absolute Gasteiger partial charge is 0.328 e. The van der Waals surface area contributed by atoms with E-state index in [1.165, 1.54) is 14.1 Å². The zero-order valence-electron chi connectivity index (χ0n) is 7.62. The molecule has 0 saturated heterocycles. The van der Waals surface area contributed by atoms with Crippen molar-refractivity contribution in [3.63, 3.8) is 0 Å². The lowest BCUT2D eigenvalue weighted by Crippen LogP contribution is -2.35. The Balaban J connectivity index is 3.64. The third-order valence-electron chi connectivity index (χ3n) is 1.74. The number of carbonyl (C=O) groups excluding carboxylic acids is 1. The van der Waals surface area contributed by atoms with Crippen LogP contribution in [0.4, 0.5) is 0 Å². The zero-order chi connectivity index (χ0) is 10.9. The van der Waals surface area contributed by atoms with Crippen LogP contribution >= 0.6 is 0 Å². The molecule has 7 nitrogen and oxygen atoms in total. The van der Waals surface area contributed by atoms with E-state index in [2.05, 4.69) is 5.32 Å². The van der Waals surface area contributed by atoms with E-state index in [1.807, 2.05) is 4.98 Å². The lowest BCUT2D eigenvalue weighted by atomic mass is 10.3. The Morgan fingerprint density at radius 1 is 1.50 bits per heavy atom. The highest BCUT2D eigenvalue weighted by molar-refractivity contribution is 5.94. The van der Waals surface area contributed by atoms with Crippen LogP contribution in [-0.2, 0) is 7.05 Å². The van der Waals surface area contributed by atoms with Crippen molar-refractivity contribution in [1.29, 1.82) is 0 Å². The van der Waals surface area contributed by atoms with Crippen molar-refractivity contribution in [2.45, 2.75) is 0 Å². The third-order valence-corrected chi connectivity index (χ3v) is 1.74. The molecule has 14 heavy (non-hydrogen) atoms. The van der Waals surface area contributed by atoms with Crippen LogP contribution in [0, 0.1) is 0 Å². The van der Waals surface area contributed by atoms with E-state index in [-0.39, 0.29) is 5.69 Å². The average molecular weight is 199 g/mol. The second kappa shape index (κ2) is 3.36. The molecule has 0 aliphatic heterocycles. The Morgan fingerprint density at radius 2 is 2.07 bits per heavy atom. The van der Waals surface area contributed by atoms with Gasteiger partial charge in [0.1, 0.15) is 0 Å². The largest absolute Gasteiger partial charge is 0.501 e. The van der Waals surface area contributed by atoms with Gasteiger partial charge in [-0.2, -0.15) is 0 Å². The lowest BCUT2D eigenvalue weighted by molar-refractivity contribution is 0.0949. The van der Waals surface area contributed by atoms with Crippen molar-refractivity contribution in [3.05, 3.63) is 26.5 Å². The molecule has 3 N–H and O–H groups in total. The second-order valence-electron chi connectivity index (χ2n) is 2.59. The summed E-state index contributed by atoms with van der Waals surface area (Å²) in [5.41, 5.74) is -2.10. The maximum absolute atomic E-state index is 11.2. The Kier molecular flexibility index (Phi) is 2.41. The average Bonchev–Trinajstić information content (AvgIpc) is 2.15. The first-order valence-corrected chi connectivity index (χ1v) is 3.73. The quantitative estimate of drug-likeness (QED) is 0.493. The number of nitrogens with zero attached hydrogens (tertiary/aromatic N) is 1. The van der Waals surface area contributed by atoms with E-state index in [0.717, 1.165) is 4.57 Å². The van der Waals surface area contributed by atoms with Gasteiger partial charge < -0.3 is 10.4 Å². The van der Waals surface area contributed by atoms with Crippen LogP contribution in [0.2, 0.25) is 0 Å². The van der Waals surface area contributed by atoms with Crippen LogP contribution in [0.25, 0.3) is 0 Å². The summed E-state index contributed by atoms with van der Waals surface area (Å²) in [4.78, 5) is 35.0. The minimum Gasteiger partial charge on any atom is -0.501 e. The molecular weight excluding hydrogens is 190 g/mol. The fourth-order valence-corrected chi connectivity index (χ4v) is 0.986. The molecule has 1 rings (SSSR count). The molecule has 0 aliphatic carbocycles. The van der Waals surface area contributed by atoms with Crippen molar-refractivity contribution in [1.82, 2.24) is 14.9 Å². The van der Waals surface area contributed by atoms with Gasteiger partial charge in [0, 0.05) is 14.1 Å². The standard InChI is InChI=1S/C7H9N3O4/c1-8-5(12)3-4(11)6(13)9-7(14)10(3)2/h11H,1-2H3,(H,8,12)(H,9,13,14). The van der Waals surface area contributed by atoms with Crippen molar-refractivity contribution in [2.24, 2.45) is 7.05 Å². The van der Waals surface area contributed by atoms with Gasteiger partial charge in [0.25, 0.3) is 11.5 Å². The van der Waals surface area contributed by atoms with Gasteiger partial charge >= 0.3 is 5.69 Å². The van der Waals surface area contributed by atoms with Gasteiger partial charge in [0.2, 0.25) is 5.75 Å². The number of carbonyl (C=O) groups is 1. The van der Waals surface area contributed by atoms with Crippen molar-refractivity contribution in [3.8, 4) is 5.75 Å². The van der Waals surface area contributed by atoms with E-state index in [1.54, 1.807) is 0 Å². The van der Waals surface area contributed by atoms with Crippen LogP contribution in [0.5, 0.6) is 5.75 Å². The van der Waals surface area contributed by atoms with E-state index in [4.69, 9.17) is 0 Å². The molecule has 0 atom stereocenters. The van der Waals surface area contributed by atoms with E-state index < -0.39 is 22.9 Å². The number of nitrogens with one attached hydrogen (secondary N) is 2. The van der Waals surface area contributed by atoms with Gasteiger partial charge in [-0.05, 0) is 0 Å². The molecule has 7 heteroatoms. The SMILES string of the molecule is CNC(=O)c1c(O)c(=O)[nH]c(=O)n1C. The third kappa shape index (κ3) is 1.39. The Labute approximate surface area is 78.0 Å². The summed E-state index contributed by atoms with van der Waals surface area (Å²) < 4.78 is 0.857. The van der Waals surface area contributed by atoms with Gasteiger partial charge in [0.05, 0.1) is 0 Å². The summed E-state index contributed by atoms with van der Waals surface area (Å²) in [6.45, 7) is 0. The summed E-state index contributed by atoms with van der Waals surface area (Å²) in [5, 5.41) is 11.4. The first-order valence-electron chi connectivity index (χ1n) is 3.73. The monoisotopic (exact) mass is 199 g/mol. The molecule has 0 spiro atoms. The van der Waals surface area contributed by atoms with Gasteiger partial charge in [-0.3, -0.25) is 19.1 Å². The number of aromatic hydroxyl groups is 1. The van der Waals surface area contributed by atoms with Gasteiger partial charge in [-0.25, -0.2) is 4.79 Å². The minimum absolute atomic E-state index is 0.360. The first kappa shape index (κ1) is 10.0. The molecule has 1 heterocycles. The van der Waals surface area contributed by atoms with Crippen LogP contribution in [-0.4, -0.2) is 27.6 Å². The molecule has 1 aromatic heterocycles. The van der Waals surface area contributed by atoms with Gasteiger partial charge in [-0.1, -0.05) is 0 Å². The second-order valence-corrected chi connectivity index (χ2v) is 2.59. The number of H-pyrrole nitrogens is 1. The summed E-state index contributed by atoms with van der Waals surface area (Å²) in [6.07, 6.45) is 0. The highest BCUT2D eigenvalue weighted by Crippen LogP contribution is 2.05. The van der Waals surface area contributed by atoms with Crippen LogP contribution in [0.3, 0.4) is 0 Å². The minimum atomic E-state index is -0.980. The number of aromatic nitrogens is 2. The topological polar surface area (TPSA) is 104 Å². The summed E-state index contributed by atoms with van der Waals surface area (Å²) >= 11 is 0. The molecule has 0 bridgehead atoms. The van der Waals surface area contributed by atoms with Gasteiger partial charge in [0.15, 0.2) is 5.69 Å². The fraction of sp³-hybridized carbons (Fsp3) is 0.286. The number of hydrogen-bond donors (Lipinski definition) is 3. The molecule has 1 amide bonds. The summed E-state index contributed by atoms with van der Waals surface area (Å²) in [6, 6.07) is 0. The fourth-order valence-electron chi connectivity index (χ4n) is 0.986. The highest BCUT2D eigenvalue weighted by Gasteiger charge is 2.17. The number of rotatable bonds is 1. The Bertz CT molecular complexity index is 450. The molecular formula is C7H9N3O4. The van der Waals surface area contributed by atoms with Crippen molar-refractivity contribution < 1.29 is 9.90 Å². The predicted molar refractivity (Wildman–Crippen MR) is 47.4 cm³/mol. The molecule has 0 radical (unpaired) electrons. The van der Waals surface area contributed by atoms with E-state index in [0.29, 0.717) is 0 Å². The molecule has 0 aliphatic rings. The highest BCUT2D eigenvalue weighted by atomic mass is 16.3. The zero-order valence-corrected chi connectivity index (χ0v) is 7.62. The number of amides is 1. The molecule has 0 unspecified atom stereocenters. The molecule has 0 saturated carbocycles. The van der Waals surface area contributed by atoms with Crippen LogP contribution in [0.1, 0.15) is 10.5 Å². The molecule has 0 fully saturated rings. The van der Waals surface area contributed by atoms with Crippen molar-refractivity contribution in [2.75, 3.05) is 7.05 Å². The molecule has 1 aromatic rings. The Morgan fingerprint density at radius 3 is 2.57 bits per heavy atom. The summed E-state index contributed by atoms with van der Waals surface area (Å²) in [5.74, 6) is -1.47. The lowest BCUT2D eigenvalue weighted by Gasteiger charge is -2.06. The summed E-state index contributed by atoms with van der Waals surface area (Å²) in [7, 11) is 2.59. The van der Waals surface area contributed by atoms with E-state index in [9.17, 15) is 19.5 Å². The van der Waals surface area contributed by atoms with E-state index >= 15 is 0 Å². The maximum Gasteiger partial charge on any atom is 0.328 e. The Hall–Kier alpha value is -2.05. The van der Waals surface area contributed by atoms with Crippen molar-refractivity contribution >= 4 is 5.91 Å². The van der Waals surface area contributed by atoms with Gasteiger partial charge in [-0.15, -0.1) is 0 Å². The molecule has 76 valence electrons. The number of hydrogen-bond acceptors (Lipinski definition) is 4. The number of aromatic amines is 1. The predicted octanol–water partition coefficient (Wildman–Crippen LogP) is -1.86. The maximum atomic E-state index is 11.2. The molecule has 0 aromatic carbocycles. The van der Waals surface area contributed by atoms with Crippen LogP contribution < -0.4 is 16.6 Å². The van der Waals surface area contributed by atoms with Crippen LogP contribution in [0.15, 0.2) is 9.59 Å².